The molecule has 1 aliphatic carbocycles. The van der Waals surface area contributed by atoms with Crippen LogP contribution in [0.2, 0.25) is 0 Å². The third-order valence-corrected chi connectivity index (χ3v) is 4.19. The van der Waals surface area contributed by atoms with Crippen molar-refractivity contribution < 1.29 is 4.74 Å². The van der Waals surface area contributed by atoms with Crippen LogP contribution in [-0.4, -0.2) is 36.6 Å². The van der Waals surface area contributed by atoms with E-state index in [4.69, 9.17) is 4.74 Å². The van der Waals surface area contributed by atoms with E-state index in [9.17, 15) is 0 Å². The van der Waals surface area contributed by atoms with E-state index in [1.807, 2.05) is 10.9 Å². The molecule has 0 spiro atoms. The lowest BCUT2D eigenvalue weighted by molar-refractivity contribution is 0.187. The van der Waals surface area contributed by atoms with Crippen LogP contribution in [0, 0.1) is 11.3 Å². The van der Waals surface area contributed by atoms with Crippen LogP contribution in [0.4, 0.5) is 0 Å². The summed E-state index contributed by atoms with van der Waals surface area (Å²) < 4.78 is 7.11. The molecular formula is C15H27N3O. The summed E-state index contributed by atoms with van der Waals surface area (Å²) in [6.45, 7) is 8.28. The van der Waals surface area contributed by atoms with Gasteiger partial charge in [0.25, 0.3) is 0 Å². The van der Waals surface area contributed by atoms with Crippen molar-refractivity contribution >= 4 is 0 Å². The van der Waals surface area contributed by atoms with Gasteiger partial charge in [0.05, 0.1) is 12.8 Å². The van der Waals surface area contributed by atoms with Crippen molar-refractivity contribution in [3.05, 3.63) is 18.0 Å². The molecular weight excluding hydrogens is 238 g/mol. The molecule has 4 nitrogen and oxygen atoms in total. The highest BCUT2D eigenvalue weighted by molar-refractivity contribution is 5.10. The molecule has 1 saturated carbocycles. The van der Waals surface area contributed by atoms with Crippen LogP contribution in [-0.2, 0) is 17.7 Å². The van der Waals surface area contributed by atoms with Gasteiger partial charge in [0, 0.05) is 32.9 Å². The summed E-state index contributed by atoms with van der Waals surface area (Å²) in [5.41, 5.74) is 1.72. The largest absolute Gasteiger partial charge is 0.383 e. The fourth-order valence-corrected chi connectivity index (χ4v) is 2.82. The molecule has 1 aliphatic rings. The second-order valence-electron chi connectivity index (χ2n) is 5.98. The van der Waals surface area contributed by atoms with E-state index in [1.54, 1.807) is 7.11 Å². The maximum atomic E-state index is 5.09. The van der Waals surface area contributed by atoms with Gasteiger partial charge in [-0.1, -0.05) is 6.92 Å². The number of ether oxygens (including phenoxy) is 1. The minimum absolute atomic E-state index is 0.356. The van der Waals surface area contributed by atoms with Gasteiger partial charge in [0.15, 0.2) is 0 Å². The Morgan fingerprint density at radius 1 is 1.53 bits per heavy atom. The molecule has 0 radical (unpaired) electrons. The first-order chi connectivity index (χ1) is 9.18. The maximum Gasteiger partial charge on any atom is 0.0587 e. The number of aryl methyl sites for hydroxylation is 1. The van der Waals surface area contributed by atoms with Crippen LogP contribution in [0.5, 0.6) is 0 Å². The van der Waals surface area contributed by atoms with E-state index in [2.05, 4.69) is 30.5 Å². The molecule has 0 amide bonds. The van der Waals surface area contributed by atoms with Crippen LogP contribution in [0.1, 0.15) is 32.3 Å². The summed E-state index contributed by atoms with van der Waals surface area (Å²) in [5, 5.41) is 7.92. The standard InChI is InChI=1S/C15H27N3O/c1-4-18-11-13(10-17-18)9-15(2,14-5-6-14)12-16-7-8-19-3/h10-11,14,16H,4-9,12H2,1-3H3. The monoisotopic (exact) mass is 265 g/mol. The van der Waals surface area contributed by atoms with Crippen molar-refractivity contribution in [3.63, 3.8) is 0 Å². The van der Waals surface area contributed by atoms with Crippen LogP contribution in [0.25, 0.3) is 0 Å². The van der Waals surface area contributed by atoms with Crippen LogP contribution >= 0.6 is 0 Å². The molecule has 1 fully saturated rings. The summed E-state index contributed by atoms with van der Waals surface area (Å²) in [6.07, 6.45) is 8.10. The van der Waals surface area contributed by atoms with Crippen LogP contribution < -0.4 is 5.32 Å². The van der Waals surface area contributed by atoms with Gasteiger partial charge >= 0.3 is 0 Å². The maximum absolute atomic E-state index is 5.09. The third-order valence-electron chi connectivity index (χ3n) is 4.19. The Labute approximate surface area is 116 Å². The minimum atomic E-state index is 0.356. The number of aromatic nitrogens is 2. The summed E-state index contributed by atoms with van der Waals surface area (Å²) in [7, 11) is 1.75. The van der Waals surface area contributed by atoms with E-state index >= 15 is 0 Å². The van der Waals surface area contributed by atoms with Gasteiger partial charge < -0.3 is 10.1 Å². The van der Waals surface area contributed by atoms with Crippen molar-refractivity contribution in [1.82, 2.24) is 15.1 Å². The molecule has 0 bridgehead atoms. The van der Waals surface area contributed by atoms with Gasteiger partial charge in [-0.05, 0) is 43.1 Å². The van der Waals surface area contributed by atoms with Gasteiger partial charge in [-0.25, -0.2) is 0 Å². The van der Waals surface area contributed by atoms with Gasteiger partial charge in [-0.3, -0.25) is 4.68 Å². The fourth-order valence-electron chi connectivity index (χ4n) is 2.82. The SMILES string of the molecule is CCn1cc(CC(C)(CNCCOC)C2CC2)cn1. The molecule has 2 rings (SSSR count). The van der Waals surface area contributed by atoms with Crippen molar-refractivity contribution in [2.45, 2.75) is 39.7 Å². The van der Waals surface area contributed by atoms with Gasteiger partial charge in [-0.2, -0.15) is 5.10 Å². The Balaban J connectivity index is 1.90. The minimum Gasteiger partial charge on any atom is -0.383 e. The van der Waals surface area contributed by atoms with Gasteiger partial charge in [-0.15, -0.1) is 0 Å². The molecule has 1 heterocycles. The number of nitrogens with zero attached hydrogens (tertiary/aromatic N) is 2. The van der Waals surface area contributed by atoms with Gasteiger partial charge in [0.2, 0.25) is 0 Å². The smallest absolute Gasteiger partial charge is 0.0587 e. The molecule has 1 unspecified atom stereocenters. The molecule has 1 atom stereocenters. The lowest BCUT2D eigenvalue weighted by atomic mass is 9.79. The average molecular weight is 265 g/mol. The number of methoxy groups -OCH3 is 1. The van der Waals surface area contributed by atoms with Crippen LogP contribution in [0.15, 0.2) is 12.4 Å². The Kier molecular flexibility index (Phi) is 4.99. The highest BCUT2D eigenvalue weighted by Gasteiger charge is 2.41. The normalized spacial score (nSPS) is 18.5. The van der Waals surface area contributed by atoms with E-state index < -0.39 is 0 Å². The zero-order chi connectivity index (χ0) is 13.7. The highest BCUT2D eigenvalue weighted by atomic mass is 16.5. The zero-order valence-electron chi connectivity index (χ0n) is 12.5. The van der Waals surface area contributed by atoms with Crippen molar-refractivity contribution in [1.29, 1.82) is 0 Å². The second kappa shape index (κ2) is 6.53. The zero-order valence-corrected chi connectivity index (χ0v) is 12.5. The highest BCUT2D eigenvalue weighted by Crippen LogP contribution is 2.47. The first-order valence-electron chi connectivity index (χ1n) is 7.39. The van der Waals surface area contributed by atoms with Crippen molar-refractivity contribution in [2.75, 3.05) is 26.8 Å². The first kappa shape index (κ1) is 14.5. The molecule has 1 aromatic rings. The Bertz CT molecular complexity index is 386. The Morgan fingerprint density at radius 3 is 2.89 bits per heavy atom. The van der Waals surface area contributed by atoms with Gasteiger partial charge in [0.1, 0.15) is 0 Å². The van der Waals surface area contributed by atoms with E-state index in [1.165, 1.54) is 18.4 Å². The summed E-state index contributed by atoms with van der Waals surface area (Å²) in [4.78, 5) is 0. The number of hydrogen-bond acceptors (Lipinski definition) is 3. The van der Waals surface area contributed by atoms with Crippen molar-refractivity contribution in [2.24, 2.45) is 11.3 Å². The molecule has 0 saturated heterocycles. The molecule has 108 valence electrons. The lowest BCUT2D eigenvalue weighted by Crippen LogP contribution is -2.37. The number of nitrogens with one attached hydrogen (secondary N) is 1. The quantitative estimate of drug-likeness (QED) is 0.695. The van der Waals surface area contributed by atoms with Crippen molar-refractivity contribution in [3.8, 4) is 0 Å². The third kappa shape index (κ3) is 4.05. The topological polar surface area (TPSA) is 39.1 Å². The lowest BCUT2D eigenvalue weighted by Gasteiger charge is -2.30. The van der Waals surface area contributed by atoms with Crippen LogP contribution in [0.3, 0.4) is 0 Å². The fraction of sp³-hybridized carbons (Fsp3) is 0.800. The molecule has 1 aromatic heterocycles. The molecule has 19 heavy (non-hydrogen) atoms. The van der Waals surface area contributed by atoms with E-state index in [0.717, 1.165) is 38.6 Å². The Hall–Kier alpha value is -0.870. The molecule has 0 aliphatic heterocycles. The number of rotatable bonds is 9. The summed E-state index contributed by atoms with van der Waals surface area (Å²) in [6, 6.07) is 0. The molecule has 4 heteroatoms. The first-order valence-corrected chi connectivity index (χ1v) is 7.39. The average Bonchev–Trinajstić information content (AvgIpc) is 3.17. The molecule has 1 N–H and O–H groups in total. The van der Waals surface area contributed by atoms with E-state index in [-0.39, 0.29) is 0 Å². The predicted octanol–water partition coefficient (Wildman–Crippen LogP) is 2.10. The number of hydrogen-bond donors (Lipinski definition) is 1. The summed E-state index contributed by atoms with van der Waals surface area (Å²) in [5.74, 6) is 0.868. The predicted molar refractivity (Wildman–Crippen MR) is 77.2 cm³/mol. The molecule has 0 aromatic carbocycles. The van der Waals surface area contributed by atoms with E-state index in [0.29, 0.717) is 5.41 Å². The summed E-state index contributed by atoms with van der Waals surface area (Å²) >= 11 is 0. The Morgan fingerprint density at radius 2 is 2.32 bits per heavy atom. The second-order valence-corrected chi connectivity index (χ2v) is 5.98.